The van der Waals surface area contributed by atoms with Crippen LogP contribution in [0.3, 0.4) is 0 Å². The van der Waals surface area contributed by atoms with Crippen molar-refractivity contribution in [2.24, 2.45) is 0 Å². The Hall–Kier alpha value is -0.520. The molecule has 1 aromatic rings. The van der Waals surface area contributed by atoms with Crippen LogP contribution in [0.1, 0.15) is 0 Å². The fraction of sp³-hybridized carbons (Fsp3) is 0. The van der Waals surface area contributed by atoms with Crippen molar-refractivity contribution in [1.29, 1.82) is 0 Å². The van der Waals surface area contributed by atoms with Crippen LogP contribution in [-0.2, 0) is 0 Å². The second-order valence-electron chi connectivity index (χ2n) is 1.82. The number of hydrogen-bond donors (Lipinski definition) is 2. The van der Waals surface area contributed by atoms with E-state index in [-0.39, 0.29) is 11.4 Å². The minimum absolute atomic E-state index is 0.194. The van der Waals surface area contributed by atoms with E-state index in [4.69, 9.17) is 10.8 Å². The molecule has 2 nitrogen and oxygen atoms in total. The SMILES string of the molecule is Nc1c(O)cc(I)cc1F. The lowest BCUT2D eigenvalue weighted by atomic mass is 10.3. The van der Waals surface area contributed by atoms with Crippen LogP contribution in [0.5, 0.6) is 5.75 Å². The molecule has 0 saturated heterocycles. The zero-order valence-electron chi connectivity index (χ0n) is 4.94. The maximum absolute atomic E-state index is 12.6. The molecule has 0 unspecified atom stereocenters. The molecule has 0 radical (unpaired) electrons. The van der Waals surface area contributed by atoms with E-state index in [9.17, 15) is 4.39 Å². The molecule has 0 bridgehead atoms. The minimum atomic E-state index is -0.579. The molecule has 54 valence electrons. The number of nitrogens with two attached hydrogens (primary N) is 1. The van der Waals surface area contributed by atoms with Crippen LogP contribution in [0.2, 0.25) is 0 Å². The number of anilines is 1. The Morgan fingerprint density at radius 2 is 2.10 bits per heavy atom. The Bertz CT molecular complexity index is 241. The van der Waals surface area contributed by atoms with Gasteiger partial charge in [-0.05, 0) is 34.7 Å². The number of hydrogen-bond acceptors (Lipinski definition) is 2. The molecule has 0 spiro atoms. The summed E-state index contributed by atoms with van der Waals surface area (Å²) in [6.45, 7) is 0. The van der Waals surface area contributed by atoms with E-state index in [2.05, 4.69) is 0 Å². The fourth-order valence-electron chi connectivity index (χ4n) is 0.571. The largest absolute Gasteiger partial charge is 0.506 e. The van der Waals surface area contributed by atoms with Gasteiger partial charge in [0.1, 0.15) is 11.4 Å². The Labute approximate surface area is 71.0 Å². The lowest BCUT2D eigenvalue weighted by molar-refractivity contribution is 0.472. The van der Waals surface area contributed by atoms with E-state index in [1.54, 1.807) is 0 Å². The molecule has 0 aromatic heterocycles. The first-order valence-electron chi connectivity index (χ1n) is 2.54. The van der Waals surface area contributed by atoms with Crippen molar-refractivity contribution in [1.82, 2.24) is 0 Å². The predicted octanol–water partition coefficient (Wildman–Crippen LogP) is 1.72. The van der Waals surface area contributed by atoms with E-state index >= 15 is 0 Å². The molecule has 0 heterocycles. The highest BCUT2D eigenvalue weighted by Gasteiger charge is 2.03. The number of phenolic OH excluding ortho intramolecular Hbond substituents is 1. The van der Waals surface area contributed by atoms with Crippen LogP contribution < -0.4 is 5.73 Å². The van der Waals surface area contributed by atoms with E-state index in [1.807, 2.05) is 22.6 Å². The Balaban J connectivity index is 3.31. The number of phenols is 1. The van der Waals surface area contributed by atoms with Gasteiger partial charge in [0, 0.05) is 3.57 Å². The summed E-state index contributed by atoms with van der Waals surface area (Å²) in [5.74, 6) is -0.784. The first-order chi connectivity index (χ1) is 4.61. The first kappa shape index (κ1) is 7.59. The van der Waals surface area contributed by atoms with Crippen LogP contribution in [0.25, 0.3) is 0 Å². The summed E-state index contributed by atoms with van der Waals surface area (Å²) in [6, 6.07) is 2.66. The zero-order valence-corrected chi connectivity index (χ0v) is 7.09. The van der Waals surface area contributed by atoms with E-state index in [0.717, 1.165) is 0 Å². The van der Waals surface area contributed by atoms with Crippen molar-refractivity contribution in [2.45, 2.75) is 0 Å². The maximum Gasteiger partial charge on any atom is 0.150 e. The van der Waals surface area contributed by atoms with Crippen LogP contribution >= 0.6 is 22.6 Å². The van der Waals surface area contributed by atoms with Crippen LogP contribution in [-0.4, -0.2) is 5.11 Å². The van der Waals surface area contributed by atoms with Gasteiger partial charge in [-0.25, -0.2) is 4.39 Å². The summed E-state index contributed by atoms with van der Waals surface area (Å²) in [7, 11) is 0. The van der Waals surface area contributed by atoms with E-state index in [1.165, 1.54) is 12.1 Å². The predicted molar refractivity (Wildman–Crippen MR) is 45.2 cm³/mol. The van der Waals surface area contributed by atoms with E-state index < -0.39 is 5.82 Å². The van der Waals surface area contributed by atoms with Crippen molar-refractivity contribution in [3.63, 3.8) is 0 Å². The molecule has 10 heavy (non-hydrogen) atoms. The average molecular weight is 253 g/mol. The van der Waals surface area contributed by atoms with Gasteiger partial charge in [0.2, 0.25) is 0 Å². The lowest BCUT2D eigenvalue weighted by Crippen LogP contribution is -1.91. The van der Waals surface area contributed by atoms with Gasteiger partial charge in [0.05, 0.1) is 0 Å². The summed E-state index contributed by atoms with van der Waals surface area (Å²) >= 11 is 1.89. The Kier molecular flexibility index (Phi) is 1.98. The Morgan fingerprint density at radius 1 is 1.50 bits per heavy atom. The van der Waals surface area contributed by atoms with Crippen molar-refractivity contribution in [3.8, 4) is 5.75 Å². The standard InChI is InChI=1S/C6H5FINO/c7-4-1-3(8)2-5(10)6(4)9/h1-2,10H,9H2. The summed E-state index contributed by atoms with van der Waals surface area (Å²) < 4.78 is 13.2. The fourth-order valence-corrected chi connectivity index (χ4v) is 1.14. The first-order valence-corrected chi connectivity index (χ1v) is 3.62. The normalized spacial score (nSPS) is 9.80. The topological polar surface area (TPSA) is 46.2 Å². The highest BCUT2D eigenvalue weighted by molar-refractivity contribution is 14.1. The average Bonchev–Trinajstić information content (AvgIpc) is 1.82. The third-order valence-corrected chi connectivity index (χ3v) is 1.70. The van der Waals surface area contributed by atoms with Crippen LogP contribution in [0.4, 0.5) is 10.1 Å². The van der Waals surface area contributed by atoms with Gasteiger partial charge in [-0.15, -0.1) is 0 Å². The maximum atomic E-state index is 12.6. The summed E-state index contributed by atoms with van der Waals surface area (Å²) in [4.78, 5) is 0. The van der Waals surface area contributed by atoms with Crippen LogP contribution in [0.15, 0.2) is 12.1 Å². The molecular formula is C6H5FINO. The molecule has 0 aliphatic heterocycles. The highest BCUT2D eigenvalue weighted by atomic mass is 127. The van der Waals surface area contributed by atoms with Gasteiger partial charge in [0.25, 0.3) is 0 Å². The number of rotatable bonds is 0. The van der Waals surface area contributed by atoms with Gasteiger partial charge < -0.3 is 10.8 Å². The smallest absolute Gasteiger partial charge is 0.150 e. The second-order valence-corrected chi connectivity index (χ2v) is 3.07. The van der Waals surface area contributed by atoms with Crippen molar-refractivity contribution in [2.75, 3.05) is 5.73 Å². The number of halogens is 2. The molecular weight excluding hydrogens is 248 g/mol. The molecule has 0 aliphatic carbocycles. The molecule has 0 fully saturated rings. The van der Waals surface area contributed by atoms with Gasteiger partial charge >= 0.3 is 0 Å². The molecule has 0 aliphatic rings. The third-order valence-electron chi connectivity index (χ3n) is 1.07. The van der Waals surface area contributed by atoms with Crippen molar-refractivity contribution < 1.29 is 9.50 Å². The van der Waals surface area contributed by atoms with Crippen molar-refractivity contribution in [3.05, 3.63) is 21.5 Å². The van der Waals surface area contributed by atoms with Crippen molar-refractivity contribution >= 4 is 28.3 Å². The monoisotopic (exact) mass is 253 g/mol. The quantitative estimate of drug-likeness (QED) is 0.420. The van der Waals surface area contributed by atoms with Gasteiger partial charge in [-0.1, -0.05) is 0 Å². The second kappa shape index (κ2) is 2.61. The molecule has 4 heteroatoms. The number of benzene rings is 1. The summed E-state index contributed by atoms with van der Waals surface area (Å²) in [6.07, 6.45) is 0. The molecule has 0 saturated carbocycles. The molecule has 1 rings (SSSR count). The summed E-state index contributed by atoms with van der Waals surface area (Å²) in [5.41, 5.74) is 4.93. The number of aromatic hydroxyl groups is 1. The molecule has 1 aromatic carbocycles. The van der Waals surface area contributed by atoms with Gasteiger partial charge in [-0.3, -0.25) is 0 Å². The zero-order chi connectivity index (χ0) is 7.72. The highest BCUT2D eigenvalue weighted by Crippen LogP contribution is 2.25. The number of nitrogen functional groups attached to an aromatic ring is 1. The molecule has 0 amide bonds. The molecule has 3 N–H and O–H groups in total. The van der Waals surface area contributed by atoms with E-state index in [0.29, 0.717) is 3.57 Å². The molecule has 0 atom stereocenters. The third kappa shape index (κ3) is 1.31. The van der Waals surface area contributed by atoms with Crippen LogP contribution in [0, 0.1) is 9.39 Å². The lowest BCUT2D eigenvalue weighted by Gasteiger charge is -1.99. The van der Waals surface area contributed by atoms with Gasteiger partial charge in [0.15, 0.2) is 5.82 Å². The summed E-state index contributed by atoms with van der Waals surface area (Å²) in [5, 5.41) is 8.91. The van der Waals surface area contributed by atoms with Gasteiger partial charge in [-0.2, -0.15) is 0 Å². The minimum Gasteiger partial charge on any atom is -0.506 e. The Morgan fingerprint density at radius 3 is 2.60 bits per heavy atom.